The number of allylic oxidation sites excluding steroid dienone is 1. The molecule has 0 saturated carbocycles. The van der Waals surface area contributed by atoms with E-state index in [1.54, 1.807) is 6.92 Å². The van der Waals surface area contributed by atoms with E-state index in [1.165, 1.54) is 7.11 Å². The molecule has 72 valence electrons. The molecule has 0 spiro atoms. The van der Waals surface area contributed by atoms with Gasteiger partial charge in [0.05, 0.1) is 13.2 Å². The van der Waals surface area contributed by atoms with E-state index in [2.05, 4.69) is 17.9 Å². The number of hydrogen-bond acceptors (Lipinski definition) is 3. The van der Waals surface area contributed by atoms with Gasteiger partial charge in [-0.25, -0.2) is 4.79 Å². The van der Waals surface area contributed by atoms with Crippen LogP contribution in [0.5, 0.6) is 0 Å². The summed E-state index contributed by atoms with van der Waals surface area (Å²) in [5.74, 6) is -0.312. The Morgan fingerprint density at radius 2 is 1.92 bits per heavy atom. The smallest absolute Gasteiger partial charge is 0.333 e. The molecule has 0 aliphatic rings. The molecule has 0 amide bonds. The quantitative estimate of drug-likeness (QED) is 0.373. The van der Waals surface area contributed by atoms with Gasteiger partial charge in [0, 0.05) is 11.1 Å². The normalized spacial score (nSPS) is 7.23. The minimum Gasteiger partial charge on any atom is -0.466 e. The van der Waals surface area contributed by atoms with E-state index >= 15 is 0 Å². The fourth-order valence-electron chi connectivity index (χ4n) is 0.289. The maximum atomic E-state index is 10.4. The molecule has 0 fully saturated rings. The summed E-state index contributed by atoms with van der Waals surface area (Å²) in [4.78, 5) is 10.4. The van der Waals surface area contributed by atoms with Crippen molar-refractivity contribution in [3.63, 3.8) is 0 Å². The van der Waals surface area contributed by atoms with Crippen LogP contribution < -0.4 is 0 Å². The molecule has 0 aromatic heterocycles. The van der Waals surface area contributed by atoms with Gasteiger partial charge < -0.3 is 4.74 Å². The van der Waals surface area contributed by atoms with Gasteiger partial charge in [-0.2, -0.15) is 5.26 Å². The Morgan fingerprint density at radius 1 is 1.54 bits per heavy atom. The number of carbonyl (C=O) groups is 1. The van der Waals surface area contributed by atoms with Gasteiger partial charge in [0.2, 0.25) is 0 Å². The summed E-state index contributed by atoms with van der Waals surface area (Å²) in [6, 6.07) is 1.83. The van der Waals surface area contributed by atoms with Crippen molar-refractivity contribution in [1.29, 1.82) is 5.26 Å². The summed E-state index contributed by atoms with van der Waals surface area (Å²) in [7, 11) is 1.35. The van der Waals surface area contributed by atoms with Gasteiger partial charge in [-0.15, -0.1) is 0 Å². The number of ether oxygens (including phenoxy) is 1. The molecule has 0 bridgehead atoms. The highest BCUT2D eigenvalue weighted by Gasteiger charge is 2.00. The molecule has 0 heterocycles. The third kappa shape index (κ3) is 10.4. The van der Waals surface area contributed by atoms with Crippen LogP contribution in [0.1, 0.15) is 20.3 Å². The molecule has 0 saturated heterocycles. The van der Waals surface area contributed by atoms with Crippen molar-refractivity contribution in [1.82, 2.24) is 0 Å². The Hall–Kier alpha value is -1.56. The van der Waals surface area contributed by atoms with Crippen LogP contribution >= 0.6 is 0 Å². The summed E-state index contributed by atoms with van der Waals surface area (Å²) in [6.07, 6.45) is 0.659. The molecule has 13 heavy (non-hydrogen) atoms. The van der Waals surface area contributed by atoms with E-state index in [0.717, 1.165) is 0 Å². The summed E-state index contributed by atoms with van der Waals surface area (Å²) in [6.45, 7) is 10.3. The van der Waals surface area contributed by atoms with Crippen molar-refractivity contribution in [2.45, 2.75) is 20.3 Å². The van der Waals surface area contributed by atoms with E-state index in [4.69, 9.17) is 5.26 Å². The summed E-state index contributed by atoms with van der Waals surface area (Å²) < 4.78 is 4.36. The monoisotopic (exact) mass is 181 g/mol. The lowest BCUT2D eigenvalue weighted by Crippen LogP contribution is -2.01. The van der Waals surface area contributed by atoms with Crippen LogP contribution in [0.25, 0.3) is 0 Å². The van der Waals surface area contributed by atoms with Gasteiger partial charge in [-0.3, -0.25) is 0 Å². The van der Waals surface area contributed by atoms with Crippen molar-refractivity contribution < 1.29 is 9.53 Å². The maximum Gasteiger partial charge on any atom is 0.333 e. The molecule has 0 rings (SSSR count). The second-order valence-electron chi connectivity index (χ2n) is 2.34. The molecule has 0 radical (unpaired) electrons. The number of rotatable bonds is 2. The highest BCUT2D eigenvalue weighted by atomic mass is 16.5. The molecule has 0 aliphatic heterocycles. The van der Waals surface area contributed by atoms with Crippen molar-refractivity contribution in [2.24, 2.45) is 0 Å². The Kier molecular flexibility index (Phi) is 9.19. The molecular weight excluding hydrogens is 166 g/mol. The molecule has 0 atom stereocenters. The number of nitrogens with zero attached hydrogens (tertiary/aromatic N) is 1. The van der Waals surface area contributed by atoms with E-state index < -0.39 is 0 Å². The minimum atomic E-state index is -0.312. The number of esters is 1. The molecule has 0 aromatic carbocycles. The minimum absolute atomic E-state index is 0.312. The largest absolute Gasteiger partial charge is 0.466 e. The highest BCUT2D eigenvalue weighted by Crippen LogP contribution is 1.96. The zero-order valence-electron chi connectivity index (χ0n) is 8.39. The van der Waals surface area contributed by atoms with Crippen LogP contribution in [0.4, 0.5) is 0 Å². The molecular formula is C10H15NO2. The van der Waals surface area contributed by atoms with Crippen LogP contribution in [0.3, 0.4) is 0 Å². The first-order valence-corrected chi connectivity index (χ1v) is 3.81. The Balaban J connectivity index is 0. The van der Waals surface area contributed by atoms with Crippen molar-refractivity contribution in [2.75, 3.05) is 7.11 Å². The fourth-order valence-corrected chi connectivity index (χ4v) is 0.289. The van der Waals surface area contributed by atoms with Crippen LogP contribution in [0.2, 0.25) is 0 Å². The topological polar surface area (TPSA) is 50.1 Å². The number of nitriles is 1. The van der Waals surface area contributed by atoms with E-state index in [0.29, 0.717) is 17.6 Å². The van der Waals surface area contributed by atoms with E-state index in [9.17, 15) is 4.79 Å². The lowest BCUT2D eigenvalue weighted by molar-refractivity contribution is -0.136. The Bertz CT molecular complexity index is 222. The predicted molar refractivity (Wildman–Crippen MR) is 51.9 cm³/mol. The van der Waals surface area contributed by atoms with Gasteiger partial charge in [0.1, 0.15) is 0 Å². The maximum absolute atomic E-state index is 10.4. The number of carbonyl (C=O) groups excluding carboxylic acids is 1. The lowest BCUT2D eigenvalue weighted by Gasteiger charge is -1.95. The predicted octanol–water partition coefficient (Wildman–Crippen LogP) is 2.21. The van der Waals surface area contributed by atoms with Crippen LogP contribution in [-0.4, -0.2) is 13.1 Å². The zero-order valence-corrected chi connectivity index (χ0v) is 8.39. The molecule has 0 aromatic rings. The lowest BCUT2D eigenvalue weighted by atomic mass is 10.2. The van der Waals surface area contributed by atoms with Gasteiger partial charge in [0.15, 0.2) is 0 Å². The van der Waals surface area contributed by atoms with Crippen LogP contribution in [-0.2, 0) is 9.53 Å². The van der Waals surface area contributed by atoms with Crippen LogP contribution in [0, 0.1) is 11.3 Å². The molecule has 0 N–H and O–H groups in total. The molecule has 3 heteroatoms. The molecule has 3 nitrogen and oxygen atoms in total. The third-order valence-electron chi connectivity index (χ3n) is 1.09. The van der Waals surface area contributed by atoms with Crippen molar-refractivity contribution >= 4 is 5.97 Å². The summed E-state index contributed by atoms with van der Waals surface area (Å²) >= 11 is 0. The number of hydrogen-bond donors (Lipinski definition) is 0. The van der Waals surface area contributed by atoms with Gasteiger partial charge in [0.25, 0.3) is 0 Å². The zero-order chi connectivity index (χ0) is 10.9. The first-order chi connectivity index (χ1) is 5.99. The fraction of sp³-hybridized carbons (Fsp3) is 0.400. The van der Waals surface area contributed by atoms with Gasteiger partial charge in [-0.05, 0) is 13.3 Å². The average Bonchev–Trinajstić information content (AvgIpc) is 2.16. The average molecular weight is 181 g/mol. The summed E-state index contributed by atoms with van der Waals surface area (Å²) in [5, 5.41) is 7.79. The third-order valence-corrected chi connectivity index (χ3v) is 1.09. The van der Waals surface area contributed by atoms with Crippen LogP contribution in [0.15, 0.2) is 24.3 Å². The Morgan fingerprint density at radius 3 is 2.00 bits per heavy atom. The first kappa shape index (κ1) is 14.0. The molecule has 0 aliphatic carbocycles. The summed E-state index contributed by atoms with van der Waals surface area (Å²) in [5.41, 5.74) is 1.08. The highest BCUT2D eigenvalue weighted by molar-refractivity contribution is 5.87. The van der Waals surface area contributed by atoms with Crippen molar-refractivity contribution in [3.8, 4) is 6.07 Å². The standard InChI is InChI=1S/C6H10O2.C4H5N/c1-4-5(2)6(7)8-3;1-4(2)3-5/h2,4H2,1,3H3;1H2,2H3. The van der Waals surface area contributed by atoms with Gasteiger partial charge in [-0.1, -0.05) is 20.1 Å². The number of methoxy groups -OCH3 is 1. The second-order valence-corrected chi connectivity index (χ2v) is 2.34. The van der Waals surface area contributed by atoms with Gasteiger partial charge >= 0.3 is 5.97 Å². The second kappa shape index (κ2) is 8.54. The SMILES string of the molecule is C=C(C)C#N.C=C(CC)C(=O)OC. The van der Waals surface area contributed by atoms with Crippen molar-refractivity contribution in [3.05, 3.63) is 24.3 Å². The first-order valence-electron chi connectivity index (χ1n) is 3.81. The van der Waals surface area contributed by atoms with E-state index in [1.807, 2.05) is 13.0 Å². The Labute approximate surface area is 79.3 Å². The molecule has 0 unspecified atom stereocenters. The van der Waals surface area contributed by atoms with E-state index in [-0.39, 0.29) is 5.97 Å².